The second-order valence-corrected chi connectivity index (χ2v) is 9.08. The third-order valence-corrected chi connectivity index (χ3v) is 6.63. The van der Waals surface area contributed by atoms with Crippen molar-refractivity contribution in [1.82, 2.24) is 19.7 Å². The molecule has 2 bridgehead atoms. The molecule has 3 heterocycles. The SMILES string of the molecule is N=C(NS(=O)(=O)c1nccs1)[C@@H]1CC[C@@H]2CN1C(=O)N2OS(=O)(=O)O. The van der Waals surface area contributed by atoms with Crippen LogP contribution in [0.2, 0.25) is 0 Å². The molecule has 3 N–H and O–H groups in total. The minimum Gasteiger partial charge on any atom is -0.310 e. The Morgan fingerprint density at radius 2 is 2.12 bits per heavy atom. The van der Waals surface area contributed by atoms with Gasteiger partial charge in [0.25, 0.3) is 10.0 Å². The highest BCUT2D eigenvalue weighted by molar-refractivity contribution is 7.92. The number of thiazole rings is 1. The fourth-order valence-corrected chi connectivity index (χ4v) is 4.99. The van der Waals surface area contributed by atoms with Crippen molar-refractivity contribution in [2.24, 2.45) is 0 Å². The molecule has 2 amide bonds. The van der Waals surface area contributed by atoms with E-state index in [1.165, 1.54) is 11.6 Å². The largest absolute Gasteiger partial charge is 0.418 e. The van der Waals surface area contributed by atoms with E-state index in [0.717, 1.165) is 16.2 Å². The Labute approximate surface area is 146 Å². The van der Waals surface area contributed by atoms with Gasteiger partial charge in [0.05, 0.1) is 12.1 Å². The molecule has 2 saturated heterocycles. The molecule has 1 aromatic heterocycles. The molecule has 0 saturated carbocycles. The Morgan fingerprint density at radius 3 is 2.72 bits per heavy atom. The number of carbonyl (C=O) groups excluding carboxylic acids is 1. The maximum atomic E-state index is 12.2. The molecule has 0 aromatic carbocycles. The zero-order valence-corrected chi connectivity index (χ0v) is 14.8. The molecular formula is C10H13N5O7S3. The molecule has 2 atom stereocenters. The van der Waals surface area contributed by atoms with Crippen molar-refractivity contribution in [2.75, 3.05) is 6.54 Å². The Hall–Kier alpha value is -1.81. The van der Waals surface area contributed by atoms with Crippen LogP contribution in [0.1, 0.15) is 12.8 Å². The van der Waals surface area contributed by atoms with Gasteiger partial charge >= 0.3 is 16.4 Å². The maximum Gasteiger partial charge on any atom is 0.418 e. The van der Waals surface area contributed by atoms with Gasteiger partial charge in [0.1, 0.15) is 5.84 Å². The summed E-state index contributed by atoms with van der Waals surface area (Å²) in [7, 11) is -8.90. The summed E-state index contributed by atoms with van der Waals surface area (Å²) in [6, 6.07) is -2.38. The van der Waals surface area contributed by atoms with Crippen molar-refractivity contribution < 1.29 is 30.5 Å². The lowest BCUT2D eigenvalue weighted by Gasteiger charge is -2.30. The van der Waals surface area contributed by atoms with Crippen LogP contribution in [-0.2, 0) is 24.7 Å². The molecule has 0 aliphatic carbocycles. The Balaban J connectivity index is 1.75. The molecule has 15 heteroatoms. The molecule has 1 aromatic rings. The lowest BCUT2D eigenvalue weighted by atomic mass is 10.0. The first kappa shape index (κ1) is 18.0. The predicted octanol–water partition coefficient (Wildman–Crippen LogP) is -0.598. The van der Waals surface area contributed by atoms with Crippen LogP contribution in [0.15, 0.2) is 15.9 Å². The first-order valence-electron chi connectivity index (χ1n) is 6.86. The molecular weight excluding hydrogens is 398 g/mol. The van der Waals surface area contributed by atoms with Crippen molar-refractivity contribution in [3.8, 4) is 0 Å². The number of nitrogens with one attached hydrogen (secondary N) is 2. The first-order valence-corrected chi connectivity index (χ1v) is 10.6. The third kappa shape index (κ3) is 3.59. The summed E-state index contributed by atoms with van der Waals surface area (Å²) in [6.45, 7) is 0.0420. The van der Waals surface area contributed by atoms with Crippen LogP contribution in [0.25, 0.3) is 0 Å². The fraction of sp³-hybridized carbons (Fsp3) is 0.500. The van der Waals surface area contributed by atoms with Crippen LogP contribution in [0.5, 0.6) is 0 Å². The van der Waals surface area contributed by atoms with Gasteiger partial charge in [-0.25, -0.2) is 9.78 Å². The van der Waals surface area contributed by atoms with E-state index >= 15 is 0 Å². The average Bonchev–Trinajstić information content (AvgIpc) is 3.11. The number of amides is 2. The number of hydrogen-bond donors (Lipinski definition) is 3. The highest BCUT2D eigenvalue weighted by atomic mass is 32.3. The average molecular weight is 411 g/mol. The molecule has 0 unspecified atom stereocenters. The maximum absolute atomic E-state index is 12.2. The van der Waals surface area contributed by atoms with E-state index in [1.807, 2.05) is 0 Å². The van der Waals surface area contributed by atoms with Gasteiger partial charge in [0.15, 0.2) is 0 Å². The molecule has 3 rings (SSSR count). The van der Waals surface area contributed by atoms with Crippen molar-refractivity contribution in [2.45, 2.75) is 29.3 Å². The zero-order valence-electron chi connectivity index (χ0n) is 12.4. The second-order valence-electron chi connectivity index (χ2n) is 5.33. The van der Waals surface area contributed by atoms with Gasteiger partial charge in [-0.2, -0.15) is 21.9 Å². The normalized spacial score (nSPS) is 23.8. The van der Waals surface area contributed by atoms with Crippen LogP contribution in [-0.4, -0.2) is 66.8 Å². The Morgan fingerprint density at radius 1 is 1.40 bits per heavy atom. The quantitative estimate of drug-likeness (QED) is 0.327. The number of hydroxylamine groups is 2. The number of hydrogen-bond acceptors (Lipinski definition) is 9. The molecule has 12 nitrogen and oxygen atoms in total. The van der Waals surface area contributed by atoms with Crippen LogP contribution >= 0.6 is 11.3 Å². The summed E-state index contributed by atoms with van der Waals surface area (Å²) >= 11 is 0.879. The number of urea groups is 1. The minimum absolute atomic E-state index is 0.0420. The highest BCUT2D eigenvalue weighted by Gasteiger charge is 2.48. The summed E-state index contributed by atoms with van der Waals surface area (Å²) in [4.78, 5) is 17.0. The number of fused-ring (bicyclic) bond motifs is 2. The van der Waals surface area contributed by atoms with Crippen LogP contribution in [0.3, 0.4) is 0 Å². The van der Waals surface area contributed by atoms with Crippen molar-refractivity contribution in [1.29, 1.82) is 5.41 Å². The van der Waals surface area contributed by atoms with E-state index in [9.17, 15) is 21.6 Å². The van der Waals surface area contributed by atoms with Gasteiger partial charge in [0.2, 0.25) is 4.34 Å². The summed E-state index contributed by atoms with van der Waals surface area (Å²) in [5.74, 6) is -0.435. The zero-order chi connectivity index (χ0) is 18.4. The van der Waals surface area contributed by atoms with Crippen molar-refractivity contribution >= 4 is 43.6 Å². The van der Waals surface area contributed by atoms with Crippen molar-refractivity contribution in [3.63, 3.8) is 0 Å². The number of sulfonamides is 1. The lowest BCUT2D eigenvalue weighted by molar-refractivity contribution is -0.0316. The number of amidine groups is 1. The summed E-state index contributed by atoms with van der Waals surface area (Å²) < 4.78 is 60.8. The molecule has 25 heavy (non-hydrogen) atoms. The van der Waals surface area contributed by atoms with Gasteiger partial charge in [0, 0.05) is 18.1 Å². The molecule has 2 fully saturated rings. The van der Waals surface area contributed by atoms with E-state index in [1.54, 1.807) is 0 Å². The highest BCUT2D eigenvalue weighted by Crippen LogP contribution is 2.31. The molecule has 2 aliphatic rings. The lowest BCUT2D eigenvalue weighted by Crippen LogP contribution is -2.50. The van der Waals surface area contributed by atoms with E-state index in [-0.39, 0.29) is 23.7 Å². The Bertz CT molecular complexity index is 897. The standard InChI is InChI=1S/C10H13N5O7S3/c11-8(13-24(17,18)9-12-3-4-23-9)7-2-1-6-5-14(7)10(16)15(6)22-25(19,20)21/h3-4,6-7H,1-2,5H2,(H2,11,13)(H,19,20,21)/t6-,7+/m1/s1. The predicted molar refractivity (Wildman–Crippen MR) is 83.5 cm³/mol. The third-order valence-electron chi connectivity index (χ3n) is 3.71. The minimum atomic E-state index is -4.87. The van der Waals surface area contributed by atoms with Crippen LogP contribution in [0.4, 0.5) is 4.79 Å². The fourth-order valence-electron chi connectivity index (χ4n) is 2.73. The van der Waals surface area contributed by atoms with Crippen molar-refractivity contribution in [3.05, 3.63) is 11.6 Å². The second kappa shape index (κ2) is 6.17. The van der Waals surface area contributed by atoms with Gasteiger partial charge in [-0.3, -0.25) is 14.7 Å². The summed E-state index contributed by atoms with van der Waals surface area (Å²) in [6.07, 6.45) is 1.80. The number of rotatable bonds is 5. The molecule has 138 valence electrons. The number of aromatic nitrogens is 1. The summed E-state index contributed by atoms with van der Waals surface area (Å²) in [5, 5.41) is 9.99. The number of nitrogens with zero attached hydrogens (tertiary/aromatic N) is 3. The van der Waals surface area contributed by atoms with E-state index < -0.39 is 44.4 Å². The van der Waals surface area contributed by atoms with Crippen LogP contribution in [0, 0.1) is 5.41 Å². The van der Waals surface area contributed by atoms with Gasteiger partial charge in [-0.1, -0.05) is 0 Å². The van der Waals surface area contributed by atoms with E-state index in [0.29, 0.717) is 5.06 Å². The molecule has 2 aliphatic heterocycles. The molecule has 0 spiro atoms. The van der Waals surface area contributed by atoms with Crippen LogP contribution < -0.4 is 4.72 Å². The number of piperidine rings is 1. The van der Waals surface area contributed by atoms with Gasteiger partial charge in [-0.15, -0.1) is 15.6 Å². The monoisotopic (exact) mass is 411 g/mol. The van der Waals surface area contributed by atoms with Gasteiger partial charge in [-0.05, 0) is 12.8 Å². The Kier molecular flexibility index (Phi) is 4.44. The first-order chi connectivity index (χ1) is 11.6. The number of carbonyl (C=O) groups is 1. The van der Waals surface area contributed by atoms with Gasteiger partial charge < -0.3 is 4.90 Å². The topological polar surface area (TPSA) is 170 Å². The molecule has 0 radical (unpaired) electrons. The summed E-state index contributed by atoms with van der Waals surface area (Å²) in [5.41, 5.74) is 0. The van der Waals surface area contributed by atoms with E-state index in [2.05, 4.69) is 14.0 Å². The smallest absolute Gasteiger partial charge is 0.310 e. The van der Waals surface area contributed by atoms with E-state index in [4.69, 9.17) is 9.96 Å².